The SMILES string of the molecule is CCC1CN2CCC1C[C@@H]2C(NC(=O)c1ccccc1P(c1ccccc1)c1ccccc1)c1ccnc2ccccc12. The summed E-state index contributed by atoms with van der Waals surface area (Å²) in [5.74, 6) is 1.45. The summed E-state index contributed by atoms with van der Waals surface area (Å²) in [5, 5.41) is 8.31. The maximum absolute atomic E-state index is 14.6. The Balaban J connectivity index is 1.30. The van der Waals surface area contributed by atoms with Crippen LogP contribution in [-0.2, 0) is 0 Å². The number of rotatable bonds is 8. The van der Waals surface area contributed by atoms with Gasteiger partial charge in [-0.2, -0.15) is 0 Å². The topological polar surface area (TPSA) is 45.2 Å². The minimum atomic E-state index is -0.916. The smallest absolute Gasteiger partial charge is 0.252 e. The van der Waals surface area contributed by atoms with Crippen LogP contribution >= 0.6 is 7.92 Å². The van der Waals surface area contributed by atoms with Gasteiger partial charge in [0, 0.05) is 29.7 Å². The summed E-state index contributed by atoms with van der Waals surface area (Å²) < 4.78 is 0. The number of pyridine rings is 1. The number of aromatic nitrogens is 1. The summed E-state index contributed by atoms with van der Waals surface area (Å²) in [6, 6.07) is 40.1. The number of carbonyl (C=O) groups is 1. The van der Waals surface area contributed by atoms with E-state index in [9.17, 15) is 4.79 Å². The lowest BCUT2D eigenvalue weighted by atomic mass is 9.72. The van der Waals surface area contributed by atoms with Crippen LogP contribution in [0, 0.1) is 11.8 Å². The average molecular weight is 584 g/mol. The van der Waals surface area contributed by atoms with Crippen molar-refractivity contribution in [3.63, 3.8) is 0 Å². The molecule has 8 rings (SSSR count). The molecular weight excluding hydrogens is 545 g/mol. The fourth-order valence-corrected chi connectivity index (χ4v) is 9.87. The Morgan fingerprint density at radius 2 is 1.56 bits per heavy atom. The van der Waals surface area contributed by atoms with Crippen molar-refractivity contribution >= 4 is 40.6 Å². The van der Waals surface area contributed by atoms with Crippen LogP contribution in [0.15, 0.2) is 121 Å². The largest absolute Gasteiger partial charge is 0.344 e. The molecule has 3 aliphatic rings. The van der Waals surface area contributed by atoms with Crippen LogP contribution in [0.3, 0.4) is 0 Å². The van der Waals surface area contributed by atoms with Crippen molar-refractivity contribution in [1.29, 1.82) is 0 Å². The van der Waals surface area contributed by atoms with Crippen molar-refractivity contribution in [1.82, 2.24) is 15.2 Å². The highest BCUT2D eigenvalue weighted by Gasteiger charge is 2.43. The van der Waals surface area contributed by atoms with Crippen molar-refractivity contribution < 1.29 is 4.79 Å². The average Bonchev–Trinajstić information content (AvgIpc) is 3.08. The minimum absolute atomic E-state index is 0.00413. The van der Waals surface area contributed by atoms with E-state index in [1.54, 1.807) is 0 Å². The number of carbonyl (C=O) groups excluding carboxylic acids is 1. The maximum atomic E-state index is 14.6. The van der Waals surface area contributed by atoms with Gasteiger partial charge in [0.1, 0.15) is 0 Å². The van der Waals surface area contributed by atoms with Gasteiger partial charge in [0.15, 0.2) is 0 Å². The van der Waals surface area contributed by atoms with Crippen molar-refractivity contribution in [2.45, 2.75) is 38.3 Å². The molecule has 3 fully saturated rings. The Kier molecular flexibility index (Phi) is 8.06. The number of piperidine rings is 3. The highest BCUT2D eigenvalue weighted by atomic mass is 31.1. The van der Waals surface area contributed by atoms with Crippen LogP contribution in [0.4, 0.5) is 0 Å². The molecule has 5 heteroatoms. The fourth-order valence-electron chi connectivity index (χ4n) is 7.42. The van der Waals surface area contributed by atoms with Crippen LogP contribution in [0.2, 0.25) is 0 Å². The summed E-state index contributed by atoms with van der Waals surface area (Å²) in [7, 11) is -0.916. The Hall–Kier alpha value is -3.85. The first kappa shape index (κ1) is 28.0. The van der Waals surface area contributed by atoms with Gasteiger partial charge in [-0.3, -0.25) is 14.7 Å². The molecule has 0 saturated carbocycles. The number of nitrogens with one attached hydrogen (secondary N) is 1. The van der Waals surface area contributed by atoms with E-state index in [1.165, 1.54) is 23.5 Å². The van der Waals surface area contributed by atoms with Crippen LogP contribution < -0.4 is 21.2 Å². The zero-order chi connectivity index (χ0) is 29.2. The molecule has 43 heavy (non-hydrogen) atoms. The van der Waals surface area contributed by atoms with Gasteiger partial charge in [-0.25, -0.2) is 0 Å². The third-order valence-corrected chi connectivity index (χ3v) is 12.1. The first-order valence-electron chi connectivity index (χ1n) is 15.6. The Bertz CT molecular complexity index is 1660. The molecular formula is C38H38N3OP. The molecule has 4 heterocycles. The van der Waals surface area contributed by atoms with E-state index >= 15 is 0 Å². The second-order valence-electron chi connectivity index (χ2n) is 11.9. The first-order chi connectivity index (χ1) is 21.2. The zero-order valence-electron chi connectivity index (χ0n) is 24.6. The van der Waals surface area contributed by atoms with E-state index < -0.39 is 7.92 Å². The van der Waals surface area contributed by atoms with Gasteiger partial charge in [-0.1, -0.05) is 110 Å². The number of hydrogen-bond donors (Lipinski definition) is 1. The van der Waals surface area contributed by atoms with Gasteiger partial charge in [0.2, 0.25) is 0 Å². The minimum Gasteiger partial charge on any atom is -0.344 e. The molecule has 4 unspecified atom stereocenters. The molecule has 2 bridgehead atoms. The van der Waals surface area contributed by atoms with E-state index in [4.69, 9.17) is 0 Å². The molecule has 4 aromatic carbocycles. The molecule has 3 aliphatic heterocycles. The fraction of sp³-hybridized carbons (Fsp3) is 0.263. The molecule has 3 saturated heterocycles. The lowest BCUT2D eigenvalue weighted by molar-refractivity contribution is -0.0152. The Morgan fingerprint density at radius 3 is 2.26 bits per heavy atom. The van der Waals surface area contributed by atoms with Gasteiger partial charge >= 0.3 is 0 Å². The second-order valence-corrected chi connectivity index (χ2v) is 14.1. The molecule has 0 aliphatic carbocycles. The number of nitrogens with zero attached hydrogens (tertiary/aromatic N) is 2. The van der Waals surface area contributed by atoms with Crippen LogP contribution in [-0.4, -0.2) is 34.9 Å². The van der Waals surface area contributed by atoms with E-state index in [-0.39, 0.29) is 18.0 Å². The predicted octanol–water partition coefficient (Wildman–Crippen LogP) is 6.58. The highest BCUT2D eigenvalue weighted by Crippen LogP contribution is 2.43. The number of para-hydroxylation sites is 1. The summed E-state index contributed by atoms with van der Waals surface area (Å²) in [4.78, 5) is 21.9. The standard InChI is InChI=1S/C38H38N3OP/c1-2-27-26-41-24-22-28(27)25-35(41)37(32-21-23-39-34-19-11-9-17-31(32)34)40-38(42)33-18-10-12-20-36(33)43(29-13-5-3-6-14-29)30-15-7-4-8-16-30/h3-21,23,27-28,35,37H,2,22,24-26H2,1H3,(H,40,42)/t27?,28?,35-,37?/m1/s1. The summed E-state index contributed by atoms with van der Waals surface area (Å²) >= 11 is 0. The normalized spacial score (nSPS) is 22.0. The number of hydrogen-bond acceptors (Lipinski definition) is 3. The lowest BCUT2D eigenvalue weighted by Gasteiger charge is -2.52. The zero-order valence-corrected chi connectivity index (χ0v) is 25.5. The maximum Gasteiger partial charge on any atom is 0.252 e. The summed E-state index contributed by atoms with van der Waals surface area (Å²) in [5.41, 5.74) is 2.89. The number of fused-ring (bicyclic) bond motifs is 4. The molecule has 4 nitrogen and oxygen atoms in total. The molecule has 0 radical (unpaired) electrons. The lowest BCUT2D eigenvalue weighted by Crippen LogP contribution is -2.57. The number of amides is 1. The first-order valence-corrected chi connectivity index (χ1v) is 16.9. The van der Waals surface area contributed by atoms with Gasteiger partial charge in [0.05, 0.1) is 11.6 Å². The molecule has 1 aromatic heterocycles. The monoisotopic (exact) mass is 583 g/mol. The molecule has 1 N–H and O–H groups in total. The predicted molar refractivity (Wildman–Crippen MR) is 179 cm³/mol. The highest BCUT2D eigenvalue weighted by molar-refractivity contribution is 7.80. The van der Waals surface area contributed by atoms with Crippen molar-refractivity contribution in [2.75, 3.05) is 13.1 Å². The quantitative estimate of drug-likeness (QED) is 0.210. The summed E-state index contributed by atoms with van der Waals surface area (Å²) in [6.45, 7) is 4.54. The van der Waals surface area contributed by atoms with Crippen molar-refractivity contribution in [2.24, 2.45) is 11.8 Å². The molecule has 5 aromatic rings. The molecule has 216 valence electrons. The van der Waals surface area contributed by atoms with Crippen molar-refractivity contribution in [3.05, 3.63) is 133 Å². The van der Waals surface area contributed by atoms with Crippen molar-refractivity contribution in [3.8, 4) is 0 Å². The van der Waals surface area contributed by atoms with E-state index in [1.807, 2.05) is 24.4 Å². The van der Waals surface area contributed by atoms with Crippen LogP contribution in [0.5, 0.6) is 0 Å². The van der Waals surface area contributed by atoms with Crippen LogP contribution in [0.25, 0.3) is 10.9 Å². The second kappa shape index (κ2) is 12.4. The van der Waals surface area contributed by atoms with Crippen LogP contribution in [0.1, 0.15) is 48.1 Å². The number of benzene rings is 4. The van der Waals surface area contributed by atoms with E-state index in [2.05, 4.69) is 119 Å². The third kappa shape index (κ3) is 5.51. The third-order valence-electron chi connectivity index (χ3n) is 9.57. The van der Waals surface area contributed by atoms with Gasteiger partial charge in [-0.15, -0.1) is 0 Å². The van der Waals surface area contributed by atoms with Gasteiger partial charge in [-0.05, 0) is 78.8 Å². The molecule has 0 spiro atoms. The van der Waals surface area contributed by atoms with E-state index in [0.717, 1.165) is 52.8 Å². The molecule has 5 atom stereocenters. The van der Waals surface area contributed by atoms with Gasteiger partial charge < -0.3 is 5.32 Å². The van der Waals surface area contributed by atoms with E-state index in [0.29, 0.717) is 5.92 Å². The molecule has 1 amide bonds. The Labute approximate surface area is 255 Å². The summed E-state index contributed by atoms with van der Waals surface area (Å²) in [6.07, 6.45) is 5.50. The Morgan fingerprint density at radius 1 is 0.884 bits per heavy atom. The van der Waals surface area contributed by atoms with Gasteiger partial charge in [0.25, 0.3) is 5.91 Å².